The van der Waals surface area contributed by atoms with Crippen molar-refractivity contribution in [3.8, 4) is 0 Å². The highest BCUT2D eigenvalue weighted by Gasteiger charge is 2.18. The summed E-state index contributed by atoms with van der Waals surface area (Å²) >= 11 is 5.79. The van der Waals surface area contributed by atoms with Crippen LogP contribution in [0.4, 0.5) is 0 Å². The number of carbonyl (C=O) groups excluding carboxylic acids is 1. The lowest BCUT2D eigenvalue weighted by atomic mass is 10.1. The minimum Gasteiger partial charge on any atom is -0.387 e. The van der Waals surface area contributed by atoms with Gasteiger partial charge in [-0.1, -0.05) is 23.7 Å². The Morgan fingerprint density at radius 1 is 1.44 bits per heavy atom. The van der Waals surface area contributed by atoms with E-state index in [4.69, 9.17) is 11.6 Å². The van der Waals surface area contributed by atoms with Gasteiger partial charge < -0.3 is 15.7 Å². The van der Waals surface area contributed by atoms with E-state index in [0.717, 1.165) is 12.0 Å². The summed E-state index contributed by atoms with van der Waals surface area (Å²) in [5.41, 5.74) is 0.840. The predicted octanol–water partition coefficient (Wildman–Crippen LogP) is 1.24. The van der Waals surface area contributed by atoms with Crippen LogP contribution in [0.25, 0.3) is 0 Å². The van der Waals surface area contributed by atoms with Crippen LogP contribution in [0.1, 0.15) is 24.5 Å². The van der Waals surface area contributed by atoms with Crippen molar-refractivity contribution < 1.29 is 9.90 Å². The number of aliphatic hydroxyl groups excluding tert-OH is 1. The highest BCUT2D eigenvalue weighted by Crippen LogP contribution is 2.16. The summed E-state index contributed by atoms with van der Waals surface area (Å²) in [7, 11) is 0. The molecule has 18 heavy (non-hydrogen) atoms. The highest BCUT2D eigenvalue weighted by atomic mass is 35.5. The van der Waals surface area contributed by atoms with Crippen LogP contribution < -0.4 is 10.6 Å². The summed E-state index contributed by atoms with van der Waals surface area (Å²) < 4.78 is 0. The van der Waals surface area contributed by atoms with Crippen LogP contribution >= 0.6 is 11.6 Å². The number of hydrogen-bond acceptors (Lipinski definition) is 3. The van der Waals surface area contributed by atoms with E-state index >= 15 is 0 Å². The van der Waals surface area contributed by atoms with Crippen LogP contribution in [-0.2, 0) is 4.79 Å². The van der Waals surface area contributed by atoms with Crippen molar-refractivity contribution in [2.75, 3.05) is 13.1 Å². The first-order valence-corrected chi connectivity index (χ1v) is 6.46. The van der Waals surface area contributed by atoms with Crippen molar-refractivity contribution in [3.63, 3.8) is 0 Å². The average Bonchev–Trinajstić information content (AvgIpc) is 2.38. The van der Waals surface area contributed by atoms with E-state index in [9.17, 15) is 9.90 Å². The molecule has 1 aromatic rings. The number of aliphatic hydroxyl groups is 1. The SMILES string of the molecule is O=C1CCC(NCC(O)c2ccc(Cl)cc2)CN1. The molecule has 1 aliphatic rings. The number of carbonyl (C=O) groups is 1. The Hall–Kier alpha value is -1.10. The average molecular weight is 269 g/mol. The van der Waals surface area contributed by atoms with Crippen molar-refractivity contribution in [2.24, 2.45) is 0 Å². The van der Waals surface area contributed by atoms with E-state index in [-0.39, 0.29) is 11.9 Å². The first-order valence-electron chi connectivity index (χ1n) is 6.09. The fourth-order valence-electron chi connectivity index (χ4n) is 1.99. The van der Waals surface area contributed by atoms with Gasteiger partial charge in [0.25, 0.3) is 0 Å². The molecular weight excluding hydrogens is 252 g/mol. The molecule has 1 amide bonds. The van der Waals surface area contributed by atoms with Crippen molar-refractivity contribution >= 4 is 17.5 Å². The second-order valence-electron chi connectivity index (χ2n) is 4.52. The van der Waals surface area contributed by atoms with Gasteiger partial charge in [-0.15, -0.1) is 0 Å². The lowest BCUT2D eigenvalue weighted by Crippen LogP contribution is -2.46. The van der Waals surface area contributed by atoms with Crippen LogP contribution in [0, 0.1) is 0 Å². The predicted molar refractivity (Wildman–Crippen MR) is 70.4 cm³/mol. The Bertz CT molecular complexity index is 398. The molecule has 98 valence electrons. The van der Waals surface area contributed by atoms with Crippen LogP contribution in [0.15, 0.2) is 24.3 Å². The molecule has 2 unspecified atom stereocenters. The molecule has 1 aliphatic heterocycles. The molecule has 5 heteroatoms. The van der Waals surface area contributed by atoms with Crippen LogP contribution in [-0.4, -0.2) is 30.1 Å². The number of piperidine rings is 1. The topological polar surface area (TPSA) is 61.4 Å². The third-order valence-electron chi connectivity index (χ3n) is 3.12. The maximum atomic E-state index is 11.0. The second-order valence-corrected chi connectivity index (χ2v) is 4.95. The van der Waals surface area contributed by atoms with Crippen LogP contribution in [0.2, 0.25) is 5.02 Å². The van der Waals surface area contributed by atoms with E-state index < -0.39 is 6.10 Å². The van der Waals surface area contributed by atoms with E-state index in [1.165, 1.54) is 0 Å². The van der Waals surface area contributed by atoms with Gasteiger partial charge in [0.2, 0.25) is 5.91 Å². The van der Waals surface area contributed by atoms with Crippen molar-refractivity contribution in [2.45, 2.75) is 25.0 Å². The normalized spacial score (nSPS) is 21.4. The molecule has 2 rings (SSSR count). The third-order valence-corrected chi connectivity index (χ3v) is 3.37. The van der Waals surface area contributed by atoms with Gasteiger partial charge >= 0.3 is 0 Å². The minimum absolute atomic E-state index is 0.103. The maximum absolute atomic E-state index is 11.0. The molecule has 3 N–H and O–H groups in total. The molecule has 0 spiro atoms. The molecule has 1 aromatic carbocycles. The van der Waals surface area contributed by atoms with Gasteiger partial charge in [-0.2, -0.15) is 0 Å². The Labute approximate surface area is 111 Å². The summed E-state index contributed by atoms with van der Waals surface area (Å²) in [5.74, 6) is 0.103. The van der Waals surface area contributed by atoms with Crippen LogP contribution in [0.3, 0.4) is 0 Å². The van der Waals surface area contributed by atoms with Gasteiger partial charge in [0.15, 0.2) is 0 Å². The van der Waals surface area contributed by atoms with Gasteiger partial charge in [0, 0.05) is 30.6 Å². The Balaban J connectivity index is 1.79. The molecule has 0 aliphatic carbocycles. The number of hydrogen-bond donors (Lipinski definition) is 3. The Morgan fingerprint density at radius 3 is 2.78 bits per heavy atom. The molecule has 1 saturated heterocycles. The molecule has 0 aromatic heterocycles. The lowest BCUT2D eigenvalue weighted by Gasteiger charge is -2.24. The summed E-state index contributed by atoms with van der Waals surface area (Å²) in [4.78, 5) is 11.0. The van der Waals surface area contributed by atoms with Crippen molar-refractivity contribution in [1.29, 1.82) is 0 Å². The van der Waals surface area contributed by atoms with E-state index in [1.54, 1.807) is 12.1 Å². The lowest BCUT2D eigenvalue weighted by molar-refractivity contribution is -0.122. The number of halogens is 1. The number of benzene rings is 1. The first kappa shape index (κ1) is 13.3. The Kier molecular flexibility index (Phi) is 4.58. The van der Waals surface area contributed by atoms with Gasteiger partial charge in [0.05, 0.1) is 6.10 Å². The first-order chi connectivity index (χ1) is 8.65. The zero-order valence-corrected chi connectivity index (χ0v) is 10.8. The van der Waals surface area contributed by atoms with E-state index in [2.05, 4.69) is 10.6 Å². The van der Waals surface area contributed by atoms with Crippen molar-refractivity contribution in [1.82, 2.24) is 10.6 Å². The van der Waals surface area contributed by atoms with E-state index in [1.807, 2.05) is 12.1 Å². The molecule has 0 bridgehead atoms. The molecule has 1 fully saturated rings. The summed E-state index contributed by atoms with van der Waals surface area (Å²) in [5, 5.41) is 16.7. The van der Waals surface area contributed by atoms with Gasteiger partial charge in [-0.25, -0.2) is 0 Å². The molecule has 1 heterocycles. The summed E-state index contributed by atoms with van der Waals surface area (Å²) in [6.45, 7) is 1.11. The monoisotopic (exact) mass is 268 g/mol. The standard InChI is InChI=1S/C13H17ClN2O2/c14-10-3-1-9(2-4-10)12(17)8-15-11-5-6-13(18)16-7-11/h1-4,11-12,15,17H,5-8H2,(H,16,18). The highest BCUT2D eigenvalue weighted by molar-refractivity contribution is 6.30. The quantitative estimate of drug-likeness (QED) is 0.770. The third kappa shape index (κ3) is 3.70. The van der Waals surface area contributed by atoms with Gasteiger partial charge in [0.1, 0.15) is 0 Å². The minimum atomic E-state index is -0.556. The van der Waals surface area contributed by atoms with Crippen molar-refractivity contribution in [3.05, 3.63) is 34.9 Å². The zero-order chi connectivity index (χ0) is 13.0. The zero-order valence-electron chi connectivity index (χ0n) is 10.0. The fraction of sp³-hybridized carbons (Fsp3) is 0.462. The fourth-order valence-corrected chi connectivity index (χ4v) is 2.11. The Morgan fingerprint density at radius 2 is 2.17 bits per heavy atom. The molecule has 0 radical (unpaired) electrons. The molecule has 2 atom stereocenters. The molecule has 0 saturated carbocycles. The van der Waals surface area contributed by atoms with Crippen LogP contribution in [0.5, 0.6) is 0 Å². The number of amides is 1. The molecular formula is C13H17ClN2O2. The van der Waals surface area contributed by atoms with Gasteiger partial charge in [-0.05, 0) is 24.1 Å². The second kappa shape index (κ2) is 6.18. The summed E-state index contributed by atoms with van der Waals surface area (Å²) in [6.07, 6.45) is 0.813. The number of nitrogens with one attached hydrogen (secondary N) is 2. The van der Waals surface area contributed by atoms with E-state index in [0.29, 0.717) is 24.5 Å². The largest absolute Gasteiger partial charge is 0.387 e. The summed E-state index contributed by atoms with van der Waals surface area (Å²) in [6, 6.07) is 7.40. The smallest absolute Gasteiger partial charge is 0.220 e. The maximum Gasteiger partial charge on any atom is 0.220 e. The molecule has 4 nitrogen and oxygen atoms in total. The van der Waals surface area contributed by atoms with Gasteiger partial charge in [-0.3, -0.25) is 4.79 Å². The number of rotatable bonds is 4.